The molecule has 0 aliphatic heterocycles. The van der Waals surface area contributed by atoms with Crippen LogP contribution in [-0.2, 0) is 44.0 Å². The molecule has 250 valence electrons. The first-order chi connectivity index (χ1) is 21.8. The Morgan fingerprint density at radius 2 is 0.958 bits per heavy atom. The van der Waals surface area contributed by atoms with Gasteiger partial charge in [0.05, 0.1) is 5.82 Å². The van der Waals surface area contributed by atoms with Crippen molar-refractivity contribution in [1.82, 2.24) is 15.0 Å². The van der Waals surface area contributed by atoms with Gasteiger partial charge in [-0.25, -0.2) is 0 Å². The largest absolute Gasteiger partial charge is 3.00 e. The Hall–Kier alpha value is -3.50. The van der Waals surface area contributed by atoms with Crippen molar-refractivity contribution in [3.63, 3.8) is 0 Å². The summed E-state index contributed by atoms with van der Waals surface area (Å²) in [6.07, 6.45) is 3.58. The van der Waals surface area contributed by atoms with Crippen molar-refractivity contribution in [2.24, 2.45) is 0 Å². The molecule has 48 heavy (non-hydrogen) atoms. The smallest absolute Gasteiger partial charge is 0.663 e. The van der Waals surface area contributed by atoms with E-state index in [2.05, 4.69) is 160 Å². The molecule has 2 aromatic heterocycles. The van der Waals surface area contributed by atoms with Crippen molar-refractivity contribution in [2.75, 3.05) is 0 Å². The van der Waals surface area contributed by atoms with E-state index >= 15 is 0 Å². The molecule has 3 nitrogen and oxygen atoms in total. The minimum Gasteiger partial charge on any atom is -0.663 e. The molecule has 4 heteroatoms. The van der Waals surface area contributed by atoms with Crippen LogP contribution in [0.1, 0.15) is 105 Å². The third-order valence-electron chi connectivity index (χ3n) is 9.22. The number of rotatable bonds is 3. The number of fused-ring (bicyclic) bond motifs is 3. The second-order valence-electron chi connectivity index (χ2n) is 17.2. The average Bonchev–Trinajstić information content (AvgIpc) is 3.37. The van der Waals surface area contributed by atoms with Crippen LogP contribution in [-0.4, -0.2) is 9.97 Å². The maximum Gasteiger partial charge on any atom is 3.00 e. The number of hydrogen-bond donors (Lipinski definition) is 0. The molecule has 0 aliphatic rings. The van der Waals surface area contributed by atoms with Gasteiger partial charge in [0.1, 0.15) is 0 Å². The van der Waals surface area contributed by atoms with E-state index in [9.17, 15) is 0 Å². The number of hydrogen-bond acceptors (Lipinski definition) is 2. The molecule has 0 spiro atoms. The second kappa shape index (κ2) is 12.4. The summed E-state index contributed by atoms with van der Waals surface area (Å²) < 4.78 is 0. The molecule has 0 bridgehead atoms. The van der Waals surface area contributed by atoms with Gasteiger partial charge in [0, 0.05) is 12.4 Å². The molecule has 6 rings (SSSR count). The van der Waals surface area contributed by atoms with E-state index in [1.807, 2.05) is 6.07 Å². The molecule has 0 saturated heterocycles. The summed E-state index contributed by atoms with van der Waals surface area (Å²) in [6.45, 7) is 27.2. The second-order valence-corrected chi connectivity index (χ2v) is 17.2. The van der Waals surface area contributed by atoms with Crippen LogP contribution in [0.25, 0.3) is 55.4 Å². The van der Waals surface area contributed by atoms with Crippen LogP contribution in [0.5, 0.6) is 0 Å². The van der Waals surface area contributed by atoms with E-state index in [0.717, 1.165) is 38.9 Å². The van der Waals surface area contributed by atoms with E-state index in [1.165, 1.54) is 33.0 Å². The molecule has 0 N–H and O–H groups in total. The Morgan fingerprint density at radius 1 is 0.500 bits per heavy atom. The molecular formula is C44H48AuN3. The van der Waals surface area contributed by atoms with E-state index in [-0.39, 0.29) is 44.0 Å². The van der Waals surface area contributed by atoms with Crippen LogP contribution in [0.2, 0.25) is 0 Å². The predicted octanol–water partition coefficient (Wildman–Crippen LogP) is 11.5. The summed E-state index contributed by atoms with van der Waals surface area (Å²) in [4.78, 5) is 14.4. The first kappa shape index (κ1) is 35.8. The first-order valence-corrected chi connectivity index (χ1v) is 16.8. The van der Waals surface area contributed by atoms with Crippen LogP contribution in [0, 0.1) is 12.1 Å². The van der Waals surface area contributed by atoms with Crippen molar-refractivity contribution in [2.45, 2.75) is 105 Å². The number of benzene rings is 4. The maximum absolute atomic E-state index is 5.29. The van der Waals surface area contributed by atoms with Gasteiger partial charge in [-0.3, -0.25) is 9.97 Å². The fourth-order valence-corrected chi connectivity index (χ4v) is 6.03. The summed E-state index contributed by atoms with van der Waals surface area (Å²) >= 11 is 0. The van der Waals surface area contributed by atoms with Gasteiger partial charge in [0.2, 0.25) is 0 Å². The molecule has 4 aromatic carbocycles. The monoisotopic (exact) mass is 815 g/mol. The first-order valence-electron chi connectivity index (χ1n) is 16.8. The number of nitrogens with zero attached hydrogens (tertiary/aromatic N) is 3. The van der Waals surface area contributed by atoms with E-state index in [1.54, 1.807) is 12.4 Å². The molecule has 0 aliphatic carbocycles. The standard InChI is InChI=1S/C44H48N3.Au/c1-41(2,3)31-14-15-38-36(24-31)37-26-34(44(10,11)12)25-35(39(37)47-38)29-18-27(20-32(22-29)42(4,5)6)28-19-30(40-45-16-13-17-46-40)23-33(21-28)43(7,8)9;/h13-17,20-26H,1-12H3;/q-3;+3. The Balaban J connectivity index is 0.00000451. The molecule has 0 amide bonds. The van der Waals surface area contributed by atoms with Gasteiger partial charge in [-0.1, -0.05) is 125 Å². The fraction of sp³-hybridized carbons (Fsp3) is 0.364. The molecule has 0 atom stereocenters. The zero-order valence-electron chi connectivity index (χ0n) is 30.6. The van der Waals surface area contributed by atoms with Gasteiger partial charge < -0.3 is 4.98 Å². The molecular weight excluding hydrogens is 767 g/mol. The van der Waals surface area contributed by atoms with Gasteiger partial charge in [-0.2, -0.15) is 40.9 Å². The van der Waals surface area contributed by atoms with Crippen molar-refractivity contribution in [3.8, 4) is 33.6 Å². The average molecular weight is 816 g/mol. The normalized spacial score (nSPS) is 12.8. The van der Waals surface area contributed by atoms with Crippen LogP contribution < -0.4 is 4.98 Å². The minimum atomic E-state index is -0.0852. The Kier molecular flexibility index (Phi) is 9.27. The molecule has 6 aromatic rings. The molecule has 0 unspecified atom stereocenters. The van der Waals surface area contributed by atoms with Crippen molar-refractivity contribution in [1.29, 1.82) is 0 Å². The van der Waals surface area contributed by atoms with Crippen molar-refractivity contribution in [3.05, 3.63) is 107 Å². The summed E-state index contributed by atoms with van der Waals surface area (Å²) in [5, 5.41) is 2.42. The van der Waals surface area contributed by atoms with Crippen molar-refractivity contribution < 1.29 is 22.4 Å². The summed E-state index contributed by atoms with van der Waals surface area (Å²) in [5.74, 6) is 0.675. The Labute approximate surface area is 303 Å². The summed E-state index contributed by atoms with van der Waals surface area (Å²) in [7, 11) is 0. The van der Waals surface area contributed by atoms with Gasteiger partial charge in [-0.05, 0) is 49.6 Å². The molecule has 0 radical (unpaired) electrons. The fourth-order valence-electron chi connectivity index (χ4n) is 6.03. The maximum atomic E-state index is 5.29. The Morgan fingerprint density at radius 3 is 1.50 bits per heavy atom. The molecule has 0 saturated carbocycles. The summed E-state index contributed by atoms with van der Waals surface area (Å²) in [6, 6.07) is 29.9. The molecule has 0 fully saturated rings. The minimum absolute atomic E-state index is 0. The van der Waals surface area contributed by atoms with E-state index in [4.69, 9.17) is 4.98 Å². The third-order valence-corrected chi connectivity index (χ3v) is 9.22. The van der Waals surface area contributed by atoms with Gasteiger partial charge in [0.15, 0.2) is 0 Å². The summed E-state index contributed by atoms with van der Waals surface area (Å²) in [5.41, 5.74) is 12.0. The Bertz CT molecular complexity index is 2110. The third kappa shape index (κ3) is 7.10. The van der Waals surface area contributed by atoms with Gasteiger partial charge >= 0.3 is 22.4 Å². The topological polar surface area (TPSA) is 39.9 Å². The van der Waals surface area contributed by atoms with E-state index < -0.39 is 0 Å². The van der Waals surface area contributed by atoms with Crippen LogP contribution >= 0.6 is 0 Å². The van der Waals surface area contributed by atoms with Crippen molar-refractivity contribution >= 4 is 21.8 Å². The van der Waals surface area contributed by atoms with Gasteiger partial charge in [-0.15, -0.1) is 34.3 Å². The quantitative estimate of drug-likeness (QED) is 0.132. The van der Waals surface area contributed by atoms with Crippen LogP contribution in [0.3, 0.4) is 0 Å². The predicted molar refractivity (Wildman–Crippen MR) is 199 cm³/mol. The molecule has 2 heterocycles. The van der Waals surface area contributed by atoms with Gasteiger partial charge in [0.25, 0.3) is 0 Å². The zero-order chi connectivity index (χ0) is 34.1. The zero-order valence-corrected chi connectivity index (χ0v) is 32.7. The number of aromatic nitrogens is 3. The SMILES string of the molecule is CC(C)(C)c1cc(-c2[c-]c(-c3cc(C(C)(C)C)cc4c3[n-]c3ccc(C(C)(C)C)cc34)cc(C(C)(C)C)c2)[c-]c(-c2ncccn2)c1.[Au+3]. The van der Waals surface area contributed by atoms with Crippen LogP contribution in [0.15, 0.2) is 73.1 Å². The van der Waals surface area contributed by atoms with E-state index in [0.29, 0.717) is 5.82 Å². The van der Waals surface area contributed by atoms with Crippen LogP contribution in [0.4, 0.5) is 0 Å².